The molecule has 2 heterocycles. The number of benzene rings is 2. The smallest absolute Gasteiger partial charge is 0.251 e. The Bertz CT molecular complexity index is 884. The number of nitrogens with one attached hydrogen (secondary N) is 1. The molecular formula is C15H12N4O2. The lowest BCUT2D eigenvalue weighted by Crippen LogP contribution is -2.42. The molecule has 0 bridgehead atoms. The topological polar surface area (TPSA) is 76.9 Å². The third kappa shape index (κ3) is 1.79. The van der Waals surface area contributed by atoms with Gasteiger partial charge < -0.3 is 0 Å². The molecule has 1 saturated heterocycles. The van der Waals surface area contributed by atoms with E-state index in [4.69, 9.17) is 0 Å². The lowest BCUT2D eigenvalue weighted by Gasteiger charge is -2.21. The van der Waals surface area contributed by atoms with Crippen molar-refractivity contribution < 1.29 is 9.59 Å². The van der Waals surface area contributed by atoms with Crippen LogP contribution in [0.25, 0.3) is 21.8 Å². The number of fused-ring (bicyclic) bond motifs is 3. The second kappa shape index (κ2) is 4.37. The molecule has 2 aromatic carbocycles. The summed E-state index contributed by atoms with van der Waals surface area (Å²) in [5.41, 5.74) is 1.58. The van der Waals surface area contributed by atoms with Crippen molar-refractivity contribution in [3.05, 3.63) is 36.4 Å². The van der Waals surface area contributed by atoms with Crippen LogP contribution in [0.4, 0.5) is 0 Å². The maximum atomic E-state index is 12.1. The Balaban J connectivity index is 1.95. The molecule has 1 aliphatic rings. The highest BCUT2D eigenvalue weighted by Crippen LogP contribution is 2.28. The first kappa shape index (κ1) is 12.0. The van der Waals surface area contributed by atoms with Gasteiger partial charge >= 0.3 is 0 Å². The minimum Gasteiger partial charge on any atom is -0.295 e. The summed E-state index contributed by atoms with van der Waals surface area (Å²) in [6, 6.07) is 11.3. The summed E-state index contributed by atoms with van der Waals surface area (Å²) in [4.78, 5) is 23.3. The summed E-state index contributed by atoms with van der Waals surface area (Å²) in [6.07, 6.45) is 0.773. The summed E-state index contributed by atoms with van der Waals surface area (Å²) >= 11 is 0. The third-order valence-electron chi connectivity index (χ3n) is 3.86. The van der Waals surface area contributed by atoms with Crippen molar-refractivity contribution >= 4 is 33.6 Å². The van der Waals surface area contributed by atoms with E-state index in [2.05, 4.69) is 15.6 Å². The van der Waals surface area contributed by atoms with E-state index in [1.54, 1.807) is 4.68 Å². The molecule has 6 heteroatoms. The standard InChI is InChI=1S/C15H12N4O2/c20-13-8-7-12(15(21)16-13)19-14-10-4-2-1-3-9(10)5-6-11(14)17-18-19/h1-6,12H,7-8H2,(H,16,20,21). The van der Waals surface area contributed by atoms with Crippen LogP contribution in [-0.2, 0) is 9.59 Å². The van der Waals surface area contributed by atoms with Gasteiger partial charge in [-0.05, 0) is 17.9 Å². The number of hydrogen-bond acceptors (Lipinski definition) is 4. The minimum absolute atomic E-state index is 0.231. The Morgan fingerprint density at radius 2 is 2.00 bits per heavy atom. The number of carbonyl (C=O) groups excluding carboxylic acids is 2. The quantitative estimate of drug-likeness (QED) is 0.686. The highest BCUT2D eigenvalue weighted by atomic mass is 16.2. The van der Waals surface area contributed by atoms with Gasteiger partial charge in [-0.25, -0.2) is 4.68 Å². The molecule has 6 nitrogen and oxygen atoms in total. The number of amides is 2. The maximum Gasteiger partial charge on any atom is 0.251 e. The number of imide groups is 1. The predicted octanol–water partition coefficient (Wildman–Crippen LogP) is 1.56. The van der Waals surface area contributed by atoms with E-state index in [1.807, 2.05) is 36.4 Å². The highest BCUT2D eigenvalue weighted by Gasteiger charge is 2.30. The van der Waals surface area contributed by atoms with Gasteiger partial charge in [0.1, 0.15) is 11.6 Å². The van der Waals surface area contributed by atoms with Gasteiger partial charge in [0.15, 0.2) is 0 Å². The number of hydrogen-bond donors (Lipinski definition) is 1. The van der Waals surface area contributed by atoms with Crippen LogP contribution >= 0.6 is 0 Å². The van der Waals surface area contributed by atoms with E-state index in [0.29, 0.717) is 12.8 Å². The van der Waals surface area contributed by atoms with Gasteiger partial charge in [-0.2, -0.15) is 0 Å². The van der Waals surface area contributed by atoms with Crippen LogP contribution in [0.15, 0.2) is 36.4 Å². The average molecular weight is 280 g/mol. The summed E-state index contributed by atoms with van der Waals surface area (Å²) in [5, 5.41) is 12.7. The lowest BCUT2D eigenvalue weighted by atomic mass is 10.0. The largest absolute Gasteiger partial charge is 0.295 e. The second-order valence-corrected chi connectivity index (χ2v) is 5.16. The van der Waals surface area contributed by atoms with E-state index in [9.17, 15) is 9.59 Å². The zero-order valence-electron chi connectivity index (χ0n) is 11.1. The van der Waals surface area contributed by atoms with E-state index in [1.165, 1.54) is 0 Å². The summed E-state index contributed by atoms with van der Waals surface area (Å²) in [6.45, 7) is 0. The van der Waals surface area contributed by atoms with Crippen molar-refractivity contribution in [2.75, 3.05) is 0 Å². The molecule has 0 aliphatic carbocycles. The van der Waals surface area contributed by atoms with Crippen molar-refractivity contribution in [2.24, 2.45) is 0 Å². The summed E-state index contributed by atoms with van der Waals surface area (Å²) < 4.78 is 1.64. The first-order chi connectivity index (χ1) is 10.2. The monoisotopic (exact) mass is 280 g/mol. The molecule has 1 N–H and O–H groups in total. The van der Waals surface area contributed by atoms with Crippen LogP contribution in [0, 0.1) is 0 Å². The van der Waals surface area contributed by atoms with Gasteiger partial charge in [-0.3, -0.25) is 14.9 Å². The third-order valence-corrected chi connectivity index (χ3v) is 3.86. The van der Waals surface area contributed by atoms with Crippen molar-refractivity contribution in [3.8, 4) is 0 Å². The first-order valence-electron chi connectivity index (χ1n) is 6.80. The Morgan fingerprint density at radius 1 is 1.14 bits per heavy atom. The Hall–Kier alpha value is -2.76. The van der Waals surface area contributed by atoms with Crippen LogP contribution in [0.3, 0.4) is 0 Å². The van der Waals surface area contributed by atoms with Crippen LogP contribution in [0.2, 0.25) is 0 Å². The molecule has 21 heavy (non-hydrogen) atoms. The number of aromatic nitrogens is 3. The fraction of sp³-hybridized carbons (Fsp3) is 0.200. The predicted molar refractivity (Wildman–Crippen MR) is 76.5 cm³/mol. The molecule has 4 rings (SSSR count). The van der Waals surface area contributed by atoms with Gasteiger partial charge in [0, 0.05) is 11.8 Å². The fourth-order valence-corrected chi connectivity index (χ4v) is 2.84. The number of nitrogens with zero attached hydrogens (tertiary/aromatic N) is 3. The molecule has 1 aliphatic heterocycles. The van der Waals surface area contributed by atoms with Crippen molar-refractivity contribution in [1.82, 2.24) is 20.3 Å². The molecule has 1 atom stereocenters. The lowest BCUT2D eigenvalue weighted by molar-refractivity contribution is -0.135. The van der Waals surface area contributed by atoms with Crippen molar-refractivity contribution in [3.63, 3.8) is 0 Å². The normalized spacial score (nSPS) is 19.1. The molecule has 104 valence electrons. The molecule has 1 unspecified atom stereocenters. The molecule has 0 radical (unpaired) electrons. The first-order valence-corrected chi connectivity index (χ1v) is 6.80. The summed E-state index contributed by atoms with van der Waals surface area (Å²) in [7, 11) is 0. The number of rotatable bonds is 1. The Labute approximate surface area is 119 Å². The van der Waals surface area contributed by atoms with Gasteiger partial charge in [0.2, 0.25) is 5.91 Å². The van der Waals surface area contributed by atoms with Crippen LogP contribution in [0.1, 0.15) is 18.9 Å². The summed E-state index contributed by atoms with van der Waals surface area (Å²) in [5.74, 6) is -0.545. The molecular weight excluding hydrogens is 268 g/mol. The number of piperidine rings is 1. The molecule has 0 saturated carbocycles. The van der Waals surface area contributed by atoms with E-state index in [0.717, 1.165) is 21.8 Å². The Kier molecular flexibility index (Phi) is 2.50. The zero-order valence-corrected chi connectivity index (χ0v) is 11.1. The van der Waals surface area contributed by atoms with E-state index in [-0.39, 0.29) is 11.8 Å². The SMILES string of the molecule is O=C1CCC(n2nnc3ccc4ccccc4c32)C(=O)N1. The fourth-order valence-electron chi connectivity index (χ4n) is 2.84. The van der Waals surface area contributed by atoms with Gasteiger partial charge in [-0.15, -0.1) is 5.10 Å². The maximum absolute atomic E-state index is 12.1. The van der Waals surface area contributed by atoms with Crippen molar-refractivity contribution in [2.45, 2.75) is 18.9 Å². The second-order valence-electron chi connectivity index (χ2n) is 5.16. The van der Waals surface area contributed by atoms with Crippen LogP contribution in [-0.4, -0.2) is 26.8 Å². The van der Waals surface area contributed by atoms with Crippen LogP contribution < -0.4 is 5.32 Å². The molecule has 2 amide bonds. The van der Waals surface area contributed by atoms with Gasteiger partial charge in [0.25, 0.3) is 5.91 Å². The van der Waals surface area contributed by atoms with Crippen LogP contribution in [0.5, 0.6) is 0 Å². The zero-order chi connectivity index (χ0) is 14.4. The molecule has 1 aromatic heterocycles. The molecule has 3 aromatic rings. The Morgan fingerprint density at radius 3 is 2.86 bits per heavy atom. The van der Waals surface area contributed by atoms with Crippen molar-refractivity contribution in [1.29, 1.82) is 0 Å². The van der Waals surface area contributed by atoms with Gasteiger partial charge in [-0.1, -0.05) is 35.5 Å². The van der Waals surface area contributed by atoms with E-state index >= 15 is 0 Å². The molecule has 1 fully saturated rings. The van der Waals surface area contributed by atoms with E-state index < -0.39 is 6.04 Å². The average Bonchev–Trinajstić information content (AvgIpc) is 2.91. The molecule has 0 spiro atoms. The highest BCUT2D eigenvalue weighted by molar-refractivity contribution is 6.05. The number of carbonyl (C=O) groups is 2. The van der Waals surface area contributed by atoms with Gasteiger partial charge in [0.05, 0.1) is 5.52 Å². The minimum atomic E-state index is -0.487.